The van der Waals surface area contributed by atoms with Crippen LogP contribution in [0, 0.1) is 0 Å². The van der Waals surface area contributed by atoms with Crippen molar-refractivity contribution in [3.63, 3.8) is 0 Å². The number of rotatable bonds is 4. The van der Waals surface area contributed by atoms with Gasteiger partial charge in [0.2, 0.25) is 0 Å². The Morgan fingerprint density at radius 1 is 1.50 bits per heavy atom. The zero-order valence-electron chi connectivity index (χ0n) is 9.31. The Balaban J connectivity index is 2.74. The van der Waals surface area contributed by atoms with Crippen molar-refractivity contribution in [2.75, 3.05) is 0 Å². The Morgan fingerprint density at radius 2 is 2.12 bits per heavy atom. The highest BCUT2D eigenvalue weighted by atomic mass is 35.5. The van der Waals surface area contributed by atoms with Gasteiger partial charge in [0.15, 0.2) is 0 Å². The molecule has 2 atom stereocenters. The molecule has 0 aliphatic carbocycles. The molecule has 3 nitrogen and oxygen atoms in total. The fourth-order valence-corrected chi connectivity index (χ4v) is 1.57. The van der Waals surface area contributed by atoms with Gasteiger partial charge in [0.25, 0.3) is 0 Å². The van der Waals surface area contributed by atoms with E-state index in [1.165, 1.54) is 0 Å². The summed E-state index contributed by atoms with van der Waals surface area (Å²) in [5, 5.41) is 10.4. The van der Waals surface area contributed by atoms with Gasteiger partial charge in [0.05, 0.1) is 0 Å². The molecule has 0 radical (unpaired) electrons. The van der Waals surface area contributed by atoms with E-state index in [2.05, 4.69) is 0 Å². The van der Waals surface area contributed by atoms with E-state index < -0.39 is 12.2 Å². The molecule has 4 heteroatoms. The maximum absolute atomic E-state index is 11.1. The quantitative estimate of drug-likeness (QED) is 0.826. The Labute approximate surface area is 100.0 Å². The Kier molecular flexibility index (Phi) is 4.77. The summed E-state index contributed by atoms with van der Waals surface area (Å²) in [6.45, 7) is 3.35. The second kappa shape index (κ2) is 5.87. The van der Waals surface area contributed by atoms with Gasteiger partial charge < -0.3 is 9.84 Å². The zero-order chi connectivity index (χ0) is 12.1. The molecule has 0 aliphatic rings. The SMILES string of the molecule is CCC(=O)O[C@H](C)[C@H](O)c1ccccc1Cl. The molecule has 0 spiro atoms. The van der Waals surface area contributed by atoms with Crippen LogP contribution in [0.3, 0.4) is 0 Å². The molecule has 0 aromatic heterocycles. The summed E-state index contributed by atoms with van der Waals surface area (Å²) in [5.41, 5.74) is 0.570. The van der Waals surface area contributed by atoms with E-state index in [0.717, 1.165) is 0 Å². The average Bonchev–Trinajstić information content (AvgIpc) is 2.28. The average molecular weight is 243 g/mol. The van der Waals surface area contributed by atoms with E-state index in [1.807, 2.05) is 0 Å². The number of benzene rings is 1. The smallest absolute Gasteiger partial charge is 0.305 e. The third-order valence-corrected chi connectivity index (χ3v) is 2.62. The largest absolute Gasteiger partial charge is 0.460 e. The molecule has 0 aliphatic heterocycles. The minimum atomic E-state index is -0.899. The van der Waals surface area contributed by atoms with Crippen molar-refractivity contribution in [1.82, 2.24) is 0 Å². The molecule has 0 amide bonds. The highest BCUT2D eigenvalue weighted by Gasteiger charge is 2.21. The molecule has 0 saturated heterocycles. The normalized spacial score (nSPS) is 14.2. The topological polar surface area (TPSA) is 46.5 Å². The number of aliphatic hydroxyl groups is 1. The number of carbonyl (C=O) groups is 1. The Morgan fingerprint density at radius 3 is 2.69 bits per heavy atom. The first-order valence-corrected chi connectivity index (χ1v) is 5.56. The lowest BCUT2D eigenvalue weighted by atomic mass is 10.1. The van der Waals surface area contributed by atoms with E-state index in [4.69, 9.17) is 16.3 Å². The van der Waals surface area contributed by atoms with Gasteiger partial charge in [-0.15, -0.1) is 0 Å². The maximum Gasteiger partial charge on any atom is 0.305 e. The minimum Gasteiger partial charge on any atom is -0.460 e. The fraction of sp³-hybridized carbons (Fsp3) is 0.417. The van der Waals surface area contributed by atoms with Crippen LogP contribution in [-0.2, 0) is 9.53 Å². The molecule has 1 aromatic rings. The summed E-state index contributed by atoms with van der Waals surface area (Å²) in [6, 6.07) is 6.96. The lowest BCUT2D eigenvalue weighted by Gasteiger charge is -2.20. The van der Waals surface area contributed by atoms with Crippen molar-refractivity contribution in [3.05, 3.63) is 34.9 Å². The van der Waals surface area contributed by atoms with Gasteiger partial charge in [0.1, 0.15) is 12.2 Å². The third kappa shape index (κ3) is 3.22. The van der Waals surface area contributed by atoms with Crippen LogP contribution in [0.4, 0.5) is 0 Å². The summed E-state index contributed by atoms with van der Waals surface area (Å²) >= 11 is 5.93. The van der Waals surface area contributed by atoms with E-state index in [1.54, 1.807) is 38.1 Å². The first-order valence-electron chi connectivity index (χ1n) is 5.18. The molecule has 1 rings (SSSR count). The zero-order valence-corrected chi connectivity index (χ0v) is 10.1. The fourth-order valence-electron chi connectivity index (χ4n) is 1.32. The molecule has 0 heterocycles. The number of halogens is 1. The molecular formula is C12H15ClO3. The van der Waals surface area contributed by atoms with Gasteiger partial charge in [-0.2, -0.15) is 0 Å². The van der Waals surface area contributed by atoms with Gasteiger partial charge in [-0.1, -0.05) is 36.7 Å². The Hall–Kier alpha value is -1.06. The summed E-state index contributed by atoms with van der Waals surface area (Å²) in [5.74, 6) is -0.335. The van der Waals surface area contributed by atoms with Crippen molar-refractivity contribution in [2.45, 2.75) is 32.5 Å². The van der Waals surface area contributed by atoms with E-state index >= 15 is 0 Å². The number of hydrogen-bond donors (Lipinski definition) is 1. The summed E-state index contributed by atoms with van der Waals surface area (Å²) in [4.78, 5) is 11.1. The summed E-state index contributed by atoms with van der Waals surface area (Å²) < 4.78 is 5.02. The van der Waals surface area contributed by atoms with Crippen molar-refractivity contribution >= 4 is 17.6 Å². The first kappa shape index (κ1) is 13.0. The predicted molar refractivity (Wildman–Crippen MR) is 62.3 cm³/mol. The maximum atomic E-state index is 11.1. The van der Waals surface area contributed by atoms with Crippen molar-refractivity contribution in [3.8, 4) is 0 Å². The molecule has 0 unspecified atom stereocenters. The summed E-state index contributed by atoms with van der Waals surface area (Å²) in [7, 11) is 0. The van der Waals surface area contributed by atoms with Crippen LogP contribution in [0.15, 0.2) is 24.3 Å². The van der Waals surface area contributed by atoms with Crippen LogP contribution in [0.1, 0.15) is 31.9 Å². The van der Waals surface area contributed by atoms with Crippen molar-refractivity contribution in [1.29, 1.82) is 0 Å². The second-order valence-electron chi connectivity index (χ2n) is 3.51. The second-order valence-corrected chi connectivity index (χ2v) is 3.92. The third-order valence-electron chi connectivity index (χ3n) is 2.27. The number of esters is 1. The van der Waals surface area contributed by atoms with Crippen LogP contribution in [0.5, 0.6) is 0 Å². The molecule has 1 N–H and O–H groups in total. The van der Waals surface area contributed by atoms with Crippen LogP contribution >= 0.6 is 11.6 Å². The van der Waals surface area contributed by atoms with Gasteiger partial charge in [-0.3, -0.25) is 4.79 Å². The molecule has 88 valence electrons. The standard InChI is InChI=1S/C12H15ClO3/c1-3-11(14)16-8(2)12(15)9-6-4-5-7-10(9)13/h4-8,12,15H,3H2,1-2H3/t8-,12+/m1/s1. The lowest BCUT2D eigenvalue weighted by molar-refractivity contribution is -0.153. The number of ether oxygens (including phenoxy) is 1. The summed E-state index contributed by atoms with van der Waals surface area (Å²) in [6.07, 6.45) is -1.21. The van der Waals surface area contributed by atoms with E-state index in [0.29, 0.717) is 17.0 Å². The molecule has 1 aromatic carbocycles. The highest BCUT2D eigenvalue weighted by molar-refractivity contribution is 6.31. The van der Waals surface area contributed by atoms with Crippen LogP contribution in [0.2, 0.25) is 5.02 Å². The number of aliphatic hydroxyl groups excluding tert-OH is 1. The first-order chi connectivity index (χ1) is 7.56. The Bertz CT molecular complexity index is 365. The van der Waals surface area contributed by atoms with Crippen molar-refractivity contribution < 1.29 is 14.6 Å². The molecule has 0 bridgehead atoms. The van der Waals surface area contributed by atoms with Crippen LogP contribution in [-0.4, -0.2) is 17.2 Å². The highest BCUT2D eigenvalue weighted by Crippen LogP contribution is 2.26. The molecule has 0 fully saturated rings. The minimum absolute atomic E-state index is 0.291. The predicted octanol–water partition coefficient (Wildman–Crippen LogP) is 2.72. The number of hydrogen-bond acceptors (Lipinski definition) is 3. The van der Waals surface area contributed by atoms with Crippen LogP contribution < -0.4 is 0 Å². The van der Waals surface area contributed by atoms with E-state index in [9.17, 15) is 9.90 Å². The van der Waals surface area contributed by atoms with Gasteiger partial charge >= 0.3 is 5.97 Å². The van der Waals surface area contributed by atoms with E-state index in [-0.39, 0.29) is 5.97 Å². The van der Waals surface area contributed by atoms with Gasteiger partial charge in [0, 0.05) is 17.0 Å². The van der Waals surface area contributed by atoms with Crippen molar-refractivity contribution in [2.24, 2.45) is 0 Å². The molecular weight excluding hydrogens is 228 g/mol. The van der Waals surface area contributed by atoms with Gasteiger partial charge in [-0.05, 0) is 13.0 Å². The molecule has 16 heavy (non-hydrogen) atoms. The van der Waals surface area contributed by atoms with Gasteiger partial charge in [-0.25, -0.2) is 0 Å². The molecule has 0 saturated carbocycles. The number of carbonyl (C=O) groups excluding carboxylic acids is 1. The lowest BCUT2D eigenvalue weighted by Crippen LogP contribution is -2.22. The monoisotopic (exact) mass is 242 g/mol. The van der Waals surface area contributed by atoms with Crippen LogP contribution in [0.25, 0.3) is 0 Å².